The molecule has 1 saturated heterocycles. The number of nitrogens with one attached hydrogen (secondary N) is 1. The molecular formula is C17H21Cl2N3O7. The highest BCUT2D eigenvalue weighted by atomic mass is 35.5. The lowest BCUT2D eigenvalue weighted by molar-refractivity contribution is -0.384. The number of amides is 1. The van der Waals surface area contributed by atoms with Gasteiger partial charge in [-0.2, -0.15) is 0 Å². The number of hydrogen-bond donors (Lipinski definition) is 2. The lowest BCUT2D eigenvalue weighted by atomic mass is 10.0. The summed E-state index contributed by atoms with van der Waals surface area (Å²) in [4.78, 5) is 34.6. The number of carbonyl (C=O) groups excluding carboxylic acids is 2. The van der Waals surface area contributed by atoms with Gasteiger partial charge >= 0.3 is 5.97 Å². The molecule has 1 aromatic rings. The zero-order valence-electron chi connectivity index (χ0n) is 15.3. The molecule has 1 fully saturated rings. The van der Waals surface area contributed by atoms with Gasteiger partial charge in [-0.3, -0.25) is 24.6 Å². The standard InChI is InChI=1S/C17H21Cl2N3O7/c18-16(19)17(25)20-13(10-29-14(23)9-21-5-7-28-8-6-21)15(24)11-1-3-12(4-2-11)22(26)27/h1-4,13,15-16,24H,5-10H2,(H,20,25)/t13-,15-/m1/s1. The van der Waals surface area contributed by atoms with E-state index in [0.29, 0.717) is 26.3 Å². The molecule has 2 atom stereocenters. The van der Waals surface area contributed by atoms with Crippen molar-refractivity contribution >= 4 is 40.8 Å². The number of non-ortho nitro benzene ring substituents is 1. The molecule has 0 unspecified atom stereocenters. The van der Waals surface area contributed by atoms with Crippen molar-refractivity contribution in [2.45, 2.75) is 17.0 Å². The fraction of sp³-hybridized carbons (Fsp3) is 0.529. The highest BCUT2D eigenvalue weighted by molar-refractivity contribution is 6.53. The van der Waals surface area contributed by atoms with Crippen LogP contribution < -0.4 is 5.32 Å². The minimum absolute atomic E-state index is 0.0469. The second-order valence-corrected chi connectivity index (χ2v) is 7.38. The summed E-state index contributed by atoms with van der Waals surface area (Å²) in [6, 6.07) is 4.06. The summed E-state index contributed by atoms with van der Waals surface area (Å²) in [5.74, 6) is -1.31. The van der Waals surface area contributed by atoms with E-state index in [1.54, 1.807) is 0 Å². The number of aliphatic hydroxyl groups is 1. The van der Waals surface area contributed by atoms with Gasteiger partial charge in [0.15, 0.2) is 4.84 Å². The third kappa shape index (κ3) is 7.41. The molecule has 10 nitrogen and oxygen atoms in total. The second kappa shape index (κ2) is 11.3. The molecule has 12 heteroatoms. The van der Waals surface area contributed by atoms with Gasteiger partial charge in [-0.25, -0.2) is 0 Å². The van der Waals surface area contributed by atoms with E-state index in [1.165, 1.54) is 24.3 Å². The number of morpholine rings is 1. The minimum atomic E-state index is -1.38. The molecule has 1 amide bonds. The van der Waals surface area contributed by atoms with Crippen LogP contribution in [0.5, 0.6) is 0 Å². The molecule has 0 saturated carbocycles. The Morgan fingerprint density at radius 3 is 2.45 bits per heavy atom. The predicted octanol–water partition coefficient (Wildman–Crippen LogP) is 0.792. The highest BCUT2D eigenvalue weighted by Crippen LogP contribution is 2.21. The molecule has 0 aromatic heterocycles. The maximum Gasteiger partial charge on any atom is 0.320 e. The molecule has 1 aliphatic heterocycles. The van der Waals surface area contributed by atoms with Crippen molar-refractivity contribution in [3.63, 3.8) is 0 Å². The number of hydrogen-bond acceptors (Lipinski definition) is 8. The number of nitrogens with zero attached hydrogens (tertiary/aromatic N) is 2. The van der Waals surface area contributed by atoms with Crippen LogP contribution >= 0.6 is 23.2 Å². The van der Waals surface area contributed by atoms with Gasteiger partial charge in [0.1, 0.15) is 12.7 Å². The Morgan fingerprint density at radius 2 is 1.90 bits per heavy atom. The summed E-state index contributed by atoms with van der Waals surface area (Å²) in [5, 5.41) is 23.8. The SMILES string of the molecule is O=C(CN1CCOCC1)OC[C@@H](NC(=O)C(Cl)Cl)[C@H](O)c1ccc([N+](=O)[O-])cc1. The summed E-state index contributed by atoms with van der Waals surface area (Å²) >= 11 is 11.1. The number of ether oxygens (including phenoxy) is 2. The largest absolute Gasteiger partial charge is 0.462 e. The number of nitro benzene ring substituents is 1. The normalized spacial score (nSPS) is 16.8. The van der Waals surface area contributed by atoms with Crippen LogP contribution in [0, 0.1) is 10.1 Å². The molecule has 0 aliphatic carbocycles. The average molecular weight is 450 g/mol. The first kappa shape index (κ1) is 23.3. The number of benzene rings is 1. The molecule has 2 N–H and O–H groups in total. The van der Waals surface area contributed by atoms with Gasteiger partial charge in [0.05, 0.1) is 30.7 Å². The third-order valence-electron chi connectivity index (χ3n) is 4.23. The topological polar surface area (TPSA) is 131 Å². The van der Waals surface area contributed by atoms with E-state index in [9.17, 15) is 24.8 Å². The first-order valence-electron chi connectivity index (χ1n) is 8.74. The van der Waals surface area contributed by atoms with Gasteiger partial charge < -0.3 is 19.9 Å². The lowest BCUT2D eigenvalue weighted by Gasteiger charge is -2.27. The summed E-state index contributed by atoms with van der Waals surface area (Å²) in [5.41, 5.74) is 0.130. The lowest BCUT2D eigenvalue weighted by Crippen LogP contribution is -2.46. The van der Waals surface area contributed by atoms with Crippen molar-refractivity contribution in [1.82, 2.24) is 10.2 Å². The van der Waals surface area contributed by atoms with Crippen LogP contribution in [-0.2, 0) is 19.1 Å². The van der Waals surface area contributed by atoms with Crippen molar-refractivity contribution in [2.24, 2.45) is 0 Å². The molecular weight excluding hydrogens is 429 g/mol. The molecule has 1 aliphatic rings. The molecule has 2 rings (SSSR count). The Balaban J connectivity index is 2.01. The van der Waals surface area contributed by atoms with Gasteiger partial charge in [0, 0.05) is 25.2 Å². The van der Waals surface area contributed by atoms with E-state index in [4.69, 9.17) is 32.7 Å². The van der Waals surface area contributed by atoms with E-state index in [2.05, 4.69) is 5.32 Å². The smallest absolute Gasteiger partial charge is 0.320 e. The van der Waals surface area contributed by atoms with Crippen LogP contribution in [0.15, 0.2) is 24.3 Å². The zero-order valence-corrected chi connectivity index (χ0v) is 16.8. The van der Waals surface area contributed by atoms with E-state index in [0.717, 1.165) is 0 Å². The van der Waals surface area contributed by atoms with Gasteiger partial charge in [-0.1, -0.05) is 23.2 Å². The molecule has 0 spiro atoms. The maximum absolute atomic E-state index is 12.1. The zero-order chi connectivity index (χ0) is 21.4. The second-order valence-electron chi connectivity index (χ2n) is 6.28. The molecule has 1 heterocycles. The maximum atomic E-state index is 12.1. The molecule has 0 bridgehead atoms. The van der Waals surface area contributed by atoms with Crippen LogP contribution in [0.25, 0.3) is 0 Å². The average Bonchev–Trinajstić information content (AvgIpc) is 2.71. The summed E-state index contributed by atoms with van der Waals surface area (Å²) < 4.78 is 10.4. The van der Waals surface area contributed by atoms with Crippen LogP contribution in [0.1, 0.15) is 11.7 Å². The number of aliphatic hydroxyl groups excluding tert-OH is 1. The molecule has 0 radical (unpaired) electrons. The minimum Gasteiger partial charge on any atom is -0.462 e. The van der Waals surface area contributed by atoms with E-state index >= 15 is 0 Å². The van der Waals surface area contributed by atoms with Crippen molar-refractivity contribution in [2.75, 3.05) is 39.5 Å². The van der Waals surface area contributed by atoms with Crippen molar-refractivity contribution in [1.29, 1.82) is 0 Å². The first-order chi connectivity index (χ1) is 13.8. The Bertz CT molecular complexity index is 711. The van der Waals surface area contributed by atoms with Gasteiger partial charge in [0.2, 0.25) is 0 Å². The van der Waals surface area contributed by atoms with E-state index < -0.39 is 33.8 Å². The fourth-order valence-electron chi connectivity index (χ4n) is 2.65. The number of rotatable bonds is 9. The third-order valence-corrected chi connectivity index (χ3v) is 4.63. The summed E-state index contributed by atoms with van der Waals surface area (Å²) in [6.45, 7) is 1.95. The van der Waals surface area contributed by atoms with Crippen LogP contribution in [0.4, 0.5) is 5.69 Å². The number of halogens is 2. The van der Waals surface area contributed by atoms with Gasteiger partial charge in [-0.05, 0) is 17.7 Å². The van der Waals surface area contributed by atoms with Crippen molar-refractivity contribution in [3.05, 3.63) is 39.9 Å². The monoisotopic (exact) mass is 449 g/mol. The first-order valence-corrected chi connectivity index (χ1v) is 9.62. The summed E-state index contributed by atoms with van der Waals surface area (Å²) in [6.07, 6.45) is -1.32. The highest BCUT2D eigenvalue weighted by Gasteiger charge is 2.27. The Kier molecular flexibility index (Phi) is 9.05. The number of esters is 1. The van der Waals surface area contributed by atoms with Gasteiger partial charge in [0.25, 0.3) is 11.6 Å². The van der Waals surface area contributed by atoms with Gasteiger partial charge in [-0.15, -0.1) is 0 Å². The van der Waals surface area contributed by atoms with E-state index in [-0.39, 0.29) is 24.4 Å². The Morgan fingerprint density at radius 1 is 1.28 bits per heavy atom. The van der Waals surface area contributed by atoms with Crippen LogP contribution in [0.3, 0.4) is 0 Å². The predicted molar refractivity (Wildman–Crippen MR) is 104 cm³/mol. The number of alkyl halides is 2. The fourth-order valence-corrected chi connectivity index (χ4v) is 2.78. The number of carbonyl (C=O) groups is 2. The Hall–Kier alpha value is -1.98. The van der Waals surface area contributed by atoms with Crippen molar-refractivity contribution < 1.29 is 29.1 Å². The number of nitro groups is 1. The van der Waals surface area contributed by atoms with Crippen LogP contribution in [0.2, 0.25) is 0 Å². The molecule has 1 aromatic carbocycles. The van der Waals surface area contributed by atoms with Crippen molar-refractivity contribution in [3.8, 4) is 0 Å². The summed E-state index contributed by atoms with van der Waals surface area (Å²) in [7, 11) is 0. The quantitative estimate of drug-likeness (QED) is 0.244. The Labute approximate surface area is 176 Å². The van der Waals surface area contributed by atoms with E-state index in [1.807, 2.05) is 4.90 Å². The molecule has 29 heavy (non-hydrogen) atoms. The molecule has 160 valence electrons. The van der Waals surface area contributed by atoms with Crippen LogP contribution in [-0.4, -0.2) is 77.1 Å².